The molecule has 2 aromatic rings. The van der Waals surface area contributed by atoms with Gasteiger partial charge in [-0.1, -0.05) is 47.1 Å². The summed E-state index contributed by atoms with van der Waals surface area (Å²) in [6.45, 7) is 0. The Balaban J connectivity index is 1.93. The van der Waals surface area contributed by atoms with E-state index in [0.29, 0.717) is 26.5 Å². The van der Waals surface area contributed by atoms with Crippen molar-refractivity contribution in [1.82, 2.24) is 0 Å². The van der Waals surface area contributed by atoms with Gasteiger partial charge >= 0.3 is 0 Å². The molecule has 0 aliphatic rings. The Morgan fingerprint density at radius 2 is 1.82 bits per heavy atom. The molecule has 0 saturated heterocycles. The van der Waals surface area contributed by atoms with Gasteiger partial charge in [-0.2, -0.15) is 5.10 Å². The second kappa shape index (κ2) is 8.08. The summed E-state index contributed by atoms with van der Waals surface area (Å²) < 4.78 is 0. The summed E-state index contributed by atoms with van der Waals surface area (Å²) in [6, 6.07) is 12.2. The fourth-order valence-corrected chi connectivity index (χ4v) is 2.46. The summed E-state index contributed by atoms with van der Waals surface area (Å²) in [5.74, 6) is 0.750. The van der Waals surface area contributed by atoms with Gasteiger partial charge in [0, 0.05) is 21.4 Å². The zero-order valence-electron chi connectivity index (χ0n) is 11.4. The van der Waals surface area contributed by atoms with Gasteiger partial charge in [-0.25, -0.2) is 0 Å². The van der Waals surface area contributed by atoms with E-state index in [9.17, 15) is 5.11 Å². The number of thioether (sulfide) groups is 1. The van der Waals surface area contributed by atoms with E-state index in [0.717, 1.165) is 5.56 Å². The number of hydrogen-bond acceptors (Lipinski definition) is 4. The van der Waals surface area contributed by atoms with Gasteiger partial charge in [-0.3, -0.25) is 0 Å². The normalized spacial score (nSPS) is 12.0. The topological polar surface area (TPSA) is 71.0 Å². The lowest BCUT2D eigenvalue weighted by Gasteiger charge is -2.00. The van der Waals surface area contributed by atoms with Crippen LogP contribution in [0.25, 0.3) is 0 Å². The van der Waals surface area contributed by atoms with Crippen molar-refractivity contribution < 1.29 is 5.11 Å². The molecule has 0 aliphatic heterocycles. The number of nitrogens with zero attached hydrogens (tertiary/aromatic N) is 2. The first-order chi connectivity index (χ1) is 10.5. The molecule has 22 heavy (non-hydrogen) atoms. The van der Waals surface area contributed by atoms with Crippen molar-refractivity contribution in [2.45, 2.75) is 5.75 Å². The summed E-state index contributed by atoms with van der Waals surface area (Å²) in [7, 11) is 0. The standard InChI is InChI=1S/C15H13Cl2N3OS/c16-12-3-1-10(2-4-12)9-22-15(18)20-19-8-11-7-13(17)5-6-14(11)21/h1-8,21H,9H2,(H2,18,20)/b19-8+. The molecule has 0 aliphatic carbocycles. The molecule has 0 atom stereocenters. The van der Waals surface area contributed by atoms with Crippen LogP contribution in [-0.2, 0) is 5.75 Å². The molecule has 0 saturated carbocycles. The number of hydrogen-bond donors (Lipinski definition) is 2. The molecule has 0 spiro atoms. The summed E-state index contributed by atoms with van der Waals surface area (Å²) in [4.78, 5) is 0. The Morgan fingerprint density at radius 3 is 2.55 bits per heavy atom. The van der Waals surface area contributed by atoms with Crippen molar-refractivity contribution in [1.29, 1.82) is 0 Å². The molecule has 0 unspecified atom stereocenters. The van der Waals surface area contributed by atoms with Gasteiger partial charge in [-0.15, -0.1) is 5.10 Å². The molecule has 0 aromatic heterocycles. The summed E-state index contributed by atoms with van der Waals surface area (Å²) in [5.41, 5.74) is 7.33. The number of nitrogens with two attached hydrogens (primary N) is 1. The Morgan fingerprint density at radius 1 is 1.14 bits per heavy atom. The molecule has 0 amide bonds. The fraction of sp³-hybridized carbons (Fsp3) is 0.0667. The minimum absolute atomic E-state index is 0.0794. The van der Waals surface area contributed by atoms with Gasteiger partial charge < -0.3 is 10.8 Å². The fourth-order valence-electron chi connectivity index (χ4n) is 1.54. The van der Waals surface area contributed by atoms with Crippen LogP contribution < -0.4 is 5.73 Å². The van der Waals surface area contributed by atoms with Crippen LogP contribution in [-0.4, -0.2) is 16.5 Å². The molecule has 7 heteroatoms. The summed E-state index contributed by atoms with van der Waals surface area (Å²) in [5, 5.41) is 18.9. The van der Waals surface area contributed by atoms with Gasteiger partial charge in [0.25, 0.3) is 0 Å². The average molecular weight is 354 g/mol. The third kappa shape index (κ3) is 5.26. The van der Waals surface area contributed by atoms with E-state index in [2.05, 4.69) is 10.2 Å². The molecule has 0 bridgehead atoms. The van der Waals surface area contributed by atoms with Crippen molar-refractivity contribution >= 4 is 46.3 Å². The van der Waals surface area contributed by atoms with Crippen LogP contribution in [0.1, 0.15) is 11.1 Å². The van der Waals surface area contributed by atoms with Gasteiger partial charge in [0.2, 0.25) is 0 Å². The average Bonchev–Trinajstić information content (AvgIpc) is 2.50. The zero-order chi connectivity index (χ0) is 15.9. The highest BCUT2D eigenvalue weighted by Gasteiger charge is 1.99. The van der Waals surface area contributed by atoms with Crippen molar-refractivity contribution in [3.63, 3.8) is 0 Å². The Labute approximate surface area is 142 Å². The molecular formula is C15H13Cl2N3OS. The number of benzene rings is 2. The highest BCUT2D eigenvalue weighted by Crippen LogP contribution is 2.20. The first-order valence-corrected chi connectivity index (χ1v) is 8.01. The van der Waals surface area contributed by atoms with E-state index in [4.69, 9.17) is 28.9 Å². The van der Waals surface area contributed by atoms with Crippen LogP contribution in [0.3, 0.4) is 0 Å². The van der Waals surface area contributed by atoms with Crippen LogP contribution in [0.5, 0.6) is 5.75 Å². The Kier molecular flexibility index (Phi) is 6.12. The van der Waals surface area contributed by atoms with E-state index in [-0.39, 0.29) is 5.75 Å². The van der Waals surface area contributed by atoms with Crippen LogP contribution in [0.2, 0.25) is 10.0 Å². The highest BCUT2D eigenvalue weighted by molar-refractivity contribution is 8.13. The zero-order valence-corrected chi connectivity index (χ0v) is 13.7. The summed E-state index contributed by atoms with van der Waals surface area (Å²) in [6.07, 6.45) is 1.40. The third-order valence-corrected chi connectivity index (χ3v) is 3.98. The van der Waals surface area contributed by atoms with Gasteiger partial charge in [0.05, 0.1) is 6.21 Å². The van der Waals surface area contributed by atoms with Gasteiger partial charge in [0.1, 0.15) is 5.75 Å². The van der Waals surface area contributed by atoms with Crippen molar-refractivity contribution in [3.8, 4) is 5.75 Å². The number of halogens is 2. The highest BCUT2D eigenvalue weighted by atomic mass is 35.5. The van der Waals surface area contributed by atoms with Crippen molar-refractivity contribution in [2.24, 2.45) is 15.9 Å². The lowest BCUT2D eigenvalue weighted by Crippen LogP contribution is -2.06. The minimum atomic E-state index is 0.0794. The Hall–Kier alpha value is -1.69. The number of phenols is 1. The lowest BCUT2D eigenvalue weighted by atomic mass is 10.2. The molecular weight excluding hydrogens is 341 g/mol. The second-order valence-electron chi connectivity index (χ2n) is 4.30. The molecule has 2 aromatic carbocycles. The van der Waals surface area contributed by atoms with E-state index in [1.54, 1.807) is 12.1 Å². The molecule has 4 nitrogen and oxygen atoms in total. The smallest absolute Gasteiger partial charge is 0.180 e. The minimum Gasteiger partial charge on any atom is -0.507 e. The van der Waals surface area contributed by atoms with Gasteiger partial charge in [-0.05, 0) is 35.9 Å². The van der Waals surface area contributed by atoms with E-state index in [1.165, 1.54) is 24.0 Å². The first kappa shape index (κ1) is 16.7. The van der Waals surface area contributed by atoms with Crippen molar-refractivity contribution in [2.75, 3.05) is 0 Å². The van der Waals surface area contributed by atoms with E-state index in [1.807, 2.05) is 24.3 Å². The van der Waals surface area contributed by atoms with Crippen LogP contribution in [0.15, 0.2) is 52.7 Å². The van der Waals surface area contributed by atoms with Crippen LogP contribution in [0, 0.1) is 0 Å². The predicted molar refractivity (Wildman–Crippen MR) is 95.1 cm³/mol. The SMILES string of the molecule is N/C(=N\N=C\c1cc(Cl)ccc1O)SCc1ccc(Cl)cc1. The number of amidine groups is 1. The quantitative estimate of drug-likeness (QED) is 0.489. The van der Waals surface area contributed by atoms with E-state index >= 15 is 0 Å². The molecule has 0 fully saturated rings. The predicted octanol–water partition coefficient (Wildman–Crippen LogP) is 4.28. The molecule has 2 rings (SSSR count). The van der Waals surface area contributed by atoms with E-state index < -0.39 is 0 Å². The number of rotatable bonds is 4. The second-order valence-corrected chi connectivity index (χ2v) is 6.17. The first-order valence-electron chi connectivity index (χ1n) is 6.27. The maximum absolute atomic E-state index is 9.63. The molecule has 114 valence electrons. The molecule has 0 heterocycles. The van der Waals surface area contributed by atoms with Crippen LogP contribution >= 0.6 is 35.0 Å². The van der Waals surface area contributed by atoms with Crippen molar-refractivity contribution in [3.05, 3.63) is 63.6 Å². The number of phenolic OH excluding ortho intramolecular Hbond substituents is 1. The third-order valence-electron chi connectivity index (χ3n) is 2.64. The molecule has 0 radical (unpaired) electrons. The maximum Gasteiger partial charge on any atom is 0.180 e. The van der Waals surface area contributed by atoms with Gasteiger partial charge in [0.15, 0.2) is 5.17 Å². The number of aromatic hydroxyl groups is 1. The monoisotopic (exact) mass is 353 g/mol. The summed E-state index contributed by atoms with van der Waals surface area (Å²) >= 11 is 13.0. The van der Waals surface area contributed by atoms with Crippen LogP contribution in [0.4, 0.5) is 0 Å². The lowest BCUT2D eigenvalue weighted by molar-refractivity contribution is 0.474. The molecule has 3 N–H and O–H groups in total. The Bertz CT molecular complexity index is 702. The largest absolute Gasteiger partial charge is 0.507 e. The maximum atomic E-state index is 9.63.